The highest BCUT2D eigenvalue weighted by molar-refractivity contribution is 7.60. The molecule has 5 heteroatoms. The predicted octanol–water partition coefficient (Wildman–Crippen LogP) is 1.66. The lowest BCUT2D eigenvalue weighted by atomic mass is 10.4. The third kappa shape index (κ3) is 6.91. The van der Waals surface area contributed by atoms with E-state index in [1.54, 1.807) is 18.2 Å². The molecule has 0 fully saturated rings. The minimum atomic E-state index is -4.02. The molecule has 0 unspecified atom stereocenters. The Morgan fingerprint density at radius 1 is 1.40 bits per heavy atom. The van der Waals surface area contributed by atoms with Crippen molar-refractivity contribution in [3.8, 4) is 0 Å². The first-order chi connectivity index (χ1) is 7.02. The van der Waals surface area contributed by atoms with Crippen LogP contribution >= 0.6 is 7.60 Å². The Morgan fingerprint density at radius 2 is 1.93 bits per heavy atom. The number of ether oxygens (including phenoxy) is 1. The van der Waals surface area contributed by atoms with Crippen LogP contribution < -0.4 is 5.30 Å². The quantitative estimate of drug-likeness (QED) is 0.612. The zero-order chi connectivity index (χ0) is 11.7. The highest BCUT2D eigenvalue weighted by Crippen LogP contribution is 2.32. The Balaban J connectivity index is 0.000000336. The summed E-state index contributed by atoms with van der Waals surface area (Å²) in [4.78, 5) is 17.2. The first-order valence-corrected chi connectivity index (χ1v) is 5.97. The minimum absolute atomic E-state index is 0.0648. The molecule has 0 heterocycles. The second kappa shape index (κ2) is 7.23. The van der Waals surface area contributed by atoms with Crippen LogP contribution in [0.1, 0.15) is 6.92 Å². The van der Waals surface area contributed by atoms with Gasteiger partial charge in [0.1, 0.15) is 0 Å². The van der Waals surface area contributed by atoms with Crippen molar-refractivity contribution < 1.29 is 19.1 Å². The lowest BCUT2D eigenvalue weighted by Crippen LogP contribution is -2.01. The third-order valence-corrected chi connectivity index (χ3v) is 2.35. The molecule has 0 spiro atoms. The fourth-order valence-corrected chi connectivity index (χ4v) is 1.30. The van der Waals surface area contributed by atoms with Gasteiger partial charge in [0.2, 0.25) is 0 Å². The maximum Gasteiger partial charge on any atom is 0.356 e. The summed E-state index contributed by atoms with van der Waals surface area (Å²) in [5, 5.41) is 0.0648. The fraction of sp³-hybridized carbons (Fsp3) is 0.200. The summed E-state index contributed by atoms with van der Waals surface area (Å²) < 4.78 is 15.1. The molecular weight excluding hydrogens is 215 g/mol. The maximum absolute atomic E-state index is 10.5. The Bertz CT molecular complexity index is 317. The van der Waals surface area contributed by atoms with Gasteiger partial charge in [-0.05, 0) is 19.1 Å². The van der Waals surface area contributed by atoms with Crippen molar-refractivity contribution in [2.75, 3.05) is 6.61 Å². The maximum atomic E-state index is 10.5. The van der Waals surface area contributed by atoms with E-state index in [0.29, 0.717) is 0 Å². The SMILES string of the molecule is C=COCC.O=P(O)(O)c1ccccc1. The van der Waals surface area contributed by atoms with Gasteiger partial charge in [-0.15, -0.1) is 0 Å². The van der Waals surface area contributed by atoms with Crippen LogP contribution in [0.4, 0.5) is 0 Å². The normalized spacial score (nSPS) is 9.80. The predicted molar refractivity (Wildman–Crippen MR) is 59.9 cm³/mol. The van der Waals surface area contributed by atoms with Crippen molar-refractivity contribution >= 4 is 12.9 Å². The largest absolute Gasteiger partial charge is 0.502 e. The molecule has 15 heavy (non-hydrogen) atoms. The monoisotopic (exact) mass is 230 g/mol. The lowest BCUT2D eigenvalue weighted by molar-refractivity contribution is 0.270. The number of benzene rings is 1. The average molecular weight is 230 g/mol. The van der Waals surface area contributed by atoms with Crippen molar-refractivity contribution in [3.63, 3.8) is 0 Å². The van der Waals surface area contributed by atoms with Crippen LogP contribution in [0, 0.1) is 0 Å². The van der Waals surface area contributed by atoms with E-state index in [4.69, 9.17) is 9.79 Å². The van der Waals surface area contributed by atoms with Crippen molar-refractivity contribution in [1.82, 2.24) is 0 Å². The summed E-state index contributed by atoms with van der Waals surface area (Å²) in [6.07, 6.45) is 1.43. The second-order valence-corrected chi connectivity index (χ2v) is 4.11. The fourth-order valence-electron chi connectivity index (χ4n) is 0.740. The third-order valence-electron chi connectivity index (χ3n) is 1.38. The van der Waals surface area contributed by atoms with E-state index in [1.807, 2.05) is 6.92 Å². The molecule has 84 valence electrons. The number of hydrogen-bond acceptors (Lipinski definition) is 2. The Morgan fingerprint density at radius 3 is 2.13 bits per heavy atom. The van der Waals surface area contributed by atoms with Crippen molar-refractivity contribution in [2.24, 2.45) is 0 Å². The van der Waals surface area contributed by atoms with Crippen LogP contribution in [0.2, 0.25) is 0 Å². The van der Waals surface area contributed by atoms with Gasteiger partial charge in [0.05, 0.1) is 18.2 Å². The van der Waals surface area contributed by atoms with Gasteiger partial charge in [0.15, 0.2) is 0 Å². The molecule has 0 bridgehead atoms. The molecule has 1 aromatic rings. The highest BCUT2D eigenvalue weighted by Gasteiger charge is 2.14. The van der Waals surface area contributed by atoms with Crippen LogP contribution in [0.15, 0.2) is 43.2 Å². The van der Waals surface area contributed by atoms with Gasteiger partial charge in [-0.25, -0.2) is 0 Å². The molecule has 0 aliphatic rings. The highest BCUT2D eigenvalue weighted by atomic mass is 31.2. The van der Waals surface area contributed by atoms with Crippen LogP contribution in [0.25, 0.3) is 0 Å². The summed E-state index contributed by atoms with van der Waals surface area (Å²) >= 11 is 0. The van der Waals surface area contributed by atoms with Gasteiger partial charge in [-0.3, -0.25) is 4.57 Å². The van der Waals surface area contributed by atoms with E-state index in [-0.39, 0.29) is 5.30 Å². The summed E-state index contributed by atoms with van der Waals surface area (Å²) in [6.45, 7) is 5.97. The zero-order valence-corrected chi connectivity index (χ0v) is 9.43. The summed E-state index contributed by atoms with van der Waals surface area (Å²) in [5.41, 5.74) is 0. The zero-order valence-electron chi connectivity index (χ0n) is 8.54. The lowest BCUT2D eigenvalue weighted by Gasteiger charge is -2.00. The van der Waals surface area contributed by atoms with E-state index < -0.39 is 7.60 Å². The van der Waals surface area contributed by atoms with E-state index >= 15 is 0 Å². The van der Waals surface area contributed by atoms with Crippen LogP contribution in [-0.4, -0.2) is 16.4 Å². The molecule has 0 saturated carbocycles. The van der Waals surface area contributed by atoms with Crippen molar-refractivity contribution in [2.45, 2.75) is 6.92 Å². The molecule has 0 aromatic heterocycles. The van der Waals surface area contributed by atoms with Crippen molar-refractivity contribution in [1.29, 1.82) is 0 Å². The van der Waals surface area contributed by atoms with Gasteiger partial charge >= 0.3 is 7.60 Å². The molecule has 4 nitrogen and oxygen atoms in total. The van der Waals surface area contributed by atoms with Crippen LogP contribution in [0.5, 0.6) is 0 Å². The smallest absolute Gasteiger partial charge is 0.356 e. The number of hydrogen-bond donors (Lipinski definition) is 2. The first kappa shape index (κ1) is 13.9. The van der Waals surface area contributed by atoms with Gasteiger partial charge < -0.3 is 14.5 Å². The Labute approximate surface area is 89.4 Å². The molecule has 0 atom stereocenters. The van der Waals surface area contributed by atoms with Crippen LogP contribution in [0.3, 0.4) is 0 Å². The first-order valence-electron chi connectivity index (χ1n) is 4.36. The van der Waals surface area contributed by atoms with Gasteiger partial charge in [-0.1, -0.05) is 24.8 Å². The standard InChI is InChI=1S/C6H7O3P.C4H8O/c7-10(8,9)6-4-2-1-3-5-6;1-3-5-4-2/h1-5H,(H2,7,8,9);3H,1,4H2,2H3. The molecule has 0 saturated heterocycles. The minimum Gasteiger partial charge on any atom is -0.502 e. The van der Waals surface area contributed by atoms with Gasteiger partial charge in [0, 0.05) is 0 Å². The molecule has 0 radical (unpaired) electrons. The van der Waals surface area contributed by atoms with E-state index in [1.165, 1.54) is 18.4 Å². The van der Waals surface area contributed by atoms with Gasteiger partial charge in [0.25, 0.3) is 0 Å². The number of rotatable bonds is 3. The van der Waals surface area contributed by atoms with E-state index in [0.717, 1.165) is 6.61 Å². The van der Waals surface area contributed by atoms with Gasteiger partial charge in [-0.2, -0.15) is 0 Å². The molecule has 1 rings (SSSR count). The Hall–Kier alpha value is -1.09. The summed E-state index contributed by atoms with van der Waals surface area (Å²) in [6, 6.07) is 7.70. The second-order valence-electron chi connectivity index (χ2n) is 2.50. The van der Waals surface area contributed by atoms with E-state index in [2.05, 4.69) is 11.3 Å². The molecule has 0 aliphatic heterocycles. The molecule has 0 amide bonds. The topological polar surface area (TPSA) is 66.8 Å². The Kier molecular flexibility index (Phi) is 6.71. The van der Waals surface area contributed by atoms with Crippen LogP contribution in [-0.2, 0) is 9.30 Å². The molecule has 1 aromatic carbocycles. The van der Waals surface area contributed by atoms with Crippen molar-refractivity contribution in [3.05, 3.63) is 43.2 Å². The molecule has 2 N–H and O–H groups in total. The molecule has 0 aliphatic carbocycles. The van der Waals surface area contributed by atoms with E-state index in [9.17, 15) is 4.57 Å². The average Bonchev–Trinajstić information content (AvgIpc) is 2.20. The summed E-state index contributed by atoms with van der Waals surface area (Å²) in [7, 11) is -4.02. The molecular formula is C10H15O4P. The summed E-state index contributed by atoms with van der Waals surface area (Å²) in [5.74, 6) is 0.